The highest BCUT2D eigenvalue weighted by atomic mass is 19.4. The predicted octanol–water partition coefficient (Wildman–Crippen LogP) is 1.43. The van der Waals surface area contributed by atoms with E-state index in [9.17, 15) is 13.2 Å². The lowest BCUT2D eigenvalue weighted by molar-refractivity contribution is -0.198. The zero-order chi connectivity index (χ0) is 12.2. The monoisotopic (exact) mass is 236 g/mol. The first-order chi connectivity index (χ1) is 7.43. The molecule has 1 atom stereocenters. The summed E-state index contributed by atoms with van der Waals surface area (Å²) in [6, 6.07) is 4.62. The minimum atomic E-state index is -4.63. The summed E-state index contributed by atoms with van der Waals surface area (Å²) < 4.78 is 40.7. The van der Waals surface area contributed by atoms with E-state index >= 15 is 0 Å². The molecule has 0 aliphatic rings. The number of rotatable bonds is 4. The molecule has 1 aromatic heterocycles. The summed E-state index contributed by atoms with van der Waals surface area (Å²) in [4.78, 5) is 3.83. The van der Waals surface area contributed by atoms with E-state index in [1.807, 2.05) is 0 Å². The van der Waals surface area contributed by atoms with Gasteiger partial charge in [-0.05, 0) is 6.07 Å². The molecule has 0 aliphatic carbocycles. The molecule has 0 radical (unpaired) electrons. The molecule has 4 nitrogen and oxygen atoms in total. The summed E-state index contributed by atoms with van der Waals surface area (Å²) in [6.45, 7) is -0.649. The number of aliphatic hydroxyl groups excluding tert-OH is 1. The van der Waals surface area contributed by atoms with Crippen molar-refractivity contribution >= 4 is 5.82 Å². The maximum absolute atomic E-state index is 12.0. The molecule has 16 heavy (non-hydrogen) atoms. The third-order valence-corrected chi connectivity index (χ3v) is 1.79. The first-order valence-electron chi connectivity index (χ1n) is 4.43. The molecule has 0 aliphatic heterocycles. The van der Waals surface area contributed by atoms with Gasteiger partial charge in [-0.25, -0.2) is 0 Å². The van der Waals surface area contributed by atoms with Crippen molar-refractivity contribution in [1.29, 1.82) is 0 Å². The Balaban J connectivity index is 2.54. The van der Waals surface area contributed by atoms with Crippen LogP contribution in [0.15, 0.2) is 18.2 Å². The number of ether oxygens (including phenoxy) is 1. The van der Waals surface area contributed by atoms with E-state index in [4.69, 9.17) is 9.84 Å². The number of pyridine rings is 1. The van der Waals surface area contributed by atoms with E-state index in [-0.39, 0.29) is 11.7 Å². The van der Waals surface area contributed by atoms with Crippen molar-refractivity contribution in [3.63, 3.8) is 0 Å². The quantitative estimate of drug-likeness (QED) is 0.830. The van der Waals surface area contributed by atoms with Crippen LogP contribution in [0.4, 0.5) is 19.0 Å². The van der Waals surface area contributed by atoms with E-state index in [2.05, 4.69) is 10.3 Å². The van der Waals surface area contributed by atoms with Crippen LogP contribution >= 0.6 is 0 Å². The van der Waals surface area contributed by atoms with Gasteiger partial charge in [0.1, 0.15) is 5.82 Å². The van der Waals surface area contributed by atoms with Gasteiger partial charge in [0.15, 0.2) is 6.10 Å². The molecule has 0 saturated carbocycles. The molecule has 90 valence electrons. The van der Waals surface area contributed by atoms with E-state index in [1.54, 1.807) is 12.1 Å². The molecule has 0 saturated heterocycles. The van der Waals surface area contributed by atoms with Gasteiger partial charge in [-0.15, -0.1) is 0 Å². The Morgan fingerprint density at radius 1 is 1.50 bits per heavy atom. The van der Waals surface area contributed by atoms with Gasteiger partial charge >= 0.3 is 6.18 Å². The smallest absolute Gasteiger partial charge is 0.416 e. The standard InChI is InChI=1S/C9H11F3N2O2/c1-16-8-4-2-3-7(14-8)13-5-6(15)9(10,11)12/h2-4,6,15H,5H2,1H3,(H,13,14). The molecule has 0 fully saturated rings. The Labute approximate surface area is 90.1 Å². The largest absolute Gasteiger partial charge is 0.481 e. The SMILES string of the molecule is COc1cccc(NCC(O)C(F)(F)F)n1. The number of aromatic nitrogens is 1. The first-order valence-corrected chi connectivity index (χ1v) is 4.43. The minimum absolute atomic E-state index is 0.211. The van der Waals surface area contributed by atoms with E-state index < -0.39 is 18.8 Å². The van der Waals surface area contributed by atoms with Crippen LogP contribution in [0.25, 0.3) is 0 Å². The van der Waals surface area contributed by atoms with E-state index in [1.165, 1.54) is 13.2 Å². The molecule has 1 aromatic rings. The molecule has 0 spiro atoms. The number of methoxy groups -OCH3 is 1. The molecule has 0 aromatic carbocycles. The second kappa shape index (κ2) is 5.02. The number of halogens is 3. The zero-order valence-corrected chi connectivity index (χ0v) is 8.45. The maximum Gasteiger partial charge on any atom is 0.416 e. The van der Waals surface area contributed by atoms with Gasteiger partial charge in [0, 0.05) is 6.07 Å². The van der Waals surface area contributed by atoms with Gasteiger partial charge in [-0.3, -0.25) is 0 Å². The van der Waals surface area contributed by atoms with Crippen molar-refractivity contribution in [1.82, 2.24) is 4.98 Å². The van der Waals surface area contributed by atoms with Gasteiger partial charge in [0.25, 0.3) is 0 Å². The predicted molar refractivity (Wildman–Crippen MR) is 51.3 cm³/mol. The fraction of sp³-hybridized carbons (Fsp3) is 0.444. The number of nitrogens with one attached hydrogen (secondary N) is 1. The van der Waals surface area contributed by atoms with Crippen molar-refractivity contribution < 1.29 is 23.0 Å². The van der Waals surface area contributed by atoms with Crippen LogP contribution in [0.3, 0.4) is 0 Å². The number of aliphatic hydroxyl groups is 1. The van der Waals surface area contributed by atoms with E-state index in [0.717, 1.165) is 0 Å². The second-order valence-corrected chi connectivity index (χ2v) is 3.00. The molecule has 7 heteroatoms. The molecule has 1 heterocycles. The third-order valence-electron chi connectivity index (χ3n) is 1.79. The summed E-state index contributed by atoms with van der Waals surface area (Å²) in [5.74, 6) is 0.495. The summed E-state index contributed by atoms with van der Waals surface area (Å²) in [7, 11) is 1.40. The highest BCUT2D eigenvalue weighted by molar-refractivity contribution is 5.37. The maximum atomic E-state index is 12.0. The van der Waals surface area contributed by atoms with Crippen molar-refractivity contribution in [2.24, 2.45) is 0 Å². The van der Waals surface area contributed by atoms with Gasteiger partial charge in [-0.1, -0.05) is 6.07 Å². The fourth-order valence-electron chi connectivity index (χ4n) is 0.944. The van der Waals surface area contributed by atoms with Crippen LogP contribution < -0.4 is 10.1 Å². The average Bonchev–Trinajstić information content (AvgIpc) is 2.25. The first kappa shape index (κ1) is 12.6. The number of alkyl halides is 3. The lowest BCUT2D eigenvalue weighted by Crippen LogP contribution is -2.35. The van der Waals surface area contributed by atoms with Crippen LogP contribution in [-0.2, 0) is 0 Å². The molecular formula is C9H11F3N2O2. The van der Waals surface area contributed by atoms with Crippen LogP contribution in [0, 0.1) is 0 Å². The summed E-state index contributed by atoms with van der Waals surface area (Å²) in [5.41, 5.74) is 0. The molecule has 1 unspecified atom stereocenters. The van der Waals surface area contributed by atoms with E-state index in [0.29, 0.717) is 0 Å². The minimum Gasteiger partial charge on any atom is -0.481 e. The number of anilines is 1. The number of hydrogen-bond donors (Lipinski definition) is 2. The van der Waals surface area contributed by atoms with Crippen molar-refractivity contribution in [3.05, 3.63) is 18.2 Å². The van der Waals surface area contributed by atoms with Crippen LogP contribution in [0.5, 0.6) is 5.88 Å². The number of nitrogens with zero attached hydrogens (tertiary/aromatic N) is 1. The topological polar surface area (TPSA) is 54.4 Å². The third kappa shape index (κ3) is 3.58. The second-order valence-electron chi connectivity index (χ2n) is 3.00. The molecule has 1 rings (SSSR count). The van der Waals surface area contributed by atoms with Gasteiger partial charge in [-0.2, -0.15) is 18.2 Å². The highest BCUT2D eigenvalue weighted by Crippen LogP contribution is 2.20. The zero-order valence-electron chi connectivity index (χ0n) is 8.45. The van der Waals surface area contributed by atoms with Crippen molar-refractivity contribution in [2.75, 3.05) is 19.0 Å². The van der Waals surface area contributed by atoms with Crippen LogP contribution in [-0.4, -0.2) is 36.0 Å². The lowest BCUT2D eigenvalue weighted by atomic mass is 10.3. The Morgan fingerprint density at radius 2 is 2.19 bits per heavy atom. The lowest BCUT2D eigenvalue weighted by Gasteiger charge is -2.15. The number of hydrogen-bond acceptors (Lipinski definition) is 4. The van der Waals surface area contributed by atoms with Crippen molar-refractivity contribution in [2.45, 2.75) is 12.3 Å². The Hall–Kier alpha value is -1.50. The van der Waals surface area contributed by atoms with Crippen molar-refractivity contribution in [3.8, 4) is 5.88 Å². The Morgan fingerprint density at radius 3 is 2.75 bits per heavy atom. The molecule has 0 bridgehead atoms. The van der Waals surface area contributed by atoms with Crippen LogP contribution in [0.2, 0.25) is 0 Å². The normalized spacial score (nSPS) is 13.3. The molecule has 2 N–H and O–H groups in total. The summed E-state index contributed by atoms with van der Waals surface area (Å²) >= 11 is 0. The summed E-state index contributed by atoms with van der Waals surface area (Å²) in [6.07, 6.45) is -7.05. The van der Waals surface area contributed by atoms with Gasteiger partial charge in [0.05, 0.1) is 13.7 Å². The average molecular weight is 236 g/mol. The Bertz CT molecular complexity index is 344. The highest BCUT2D eigenvalue weighted by Gasteiger charge is 2.37. The Kier molecular flexibility index (Phi) is 3.94. The fourth-order valence-corrected chi connectivity index (χ4v) is 0.944. The molecule has 0 amide bonds. The molecular weight excluding hydrogens is 225 g/mol. The van der Waals surface area contributed by atoms with Gasteiger partial charge < -0.3 is 15.2 Å². The van der Waals surface area contributed by atoms with Gasteiger partial charge in [0.2, 0.25) is 5.88 Å². The van der Waals surface area contributed by atoms with Crippen LogP contribution in [0.1, 0.15) is 0 Å². The summed E-state index contributed by atoms with van der Waals surface area (Å²) in [5, 5.41) is 11.1.